The van der Waals surface area contributed by atoms with Gasteiger partial charge in [0.05, 0.1) is 34.1 Å². The lowest BCUT2D eigenvalue weighted by Gasteiger charge is -2.04. The van der Waals surface area contributed by atoms with Crippen molar-refractivity contribution in [1.29, 1.82) is 0 Å². The number of aromatic amines is 2. The molecule has 0 bridgehead atoms. The molecule has 0 amide bonds. The molecule has 0 aliphatic heterocycles. The fourth-order valence-corrected chi connectivity index (χ4v) is 3.09. The van der Waals surface area contributed by atoms with Crippen molar-refractivity contribution >= 4 is 21.9 Å². The summed E-state index contributed by atoms with van der Waals surface area (Å²) in [7, 11) is 0. The van der Waals surface area contributed by atoms with Gasteiger partial charge >= 0.3 is 0 Å². The summed E-state index contributed by atoms with van der Waals surface area (Å²) < 4.78 is 0. The predicted molar refractivity (Wildman–Crippen MR) is 96.9 cm³/mol. The van der Waals surface area contributed by atoms with Gasteiger partial charge in [0.2, 0.25) is 0 Å². The molecule has 120 valence electrons. The molecule has 5 aromatic heterocycles. The number of rotatable bonds is 2. The van der Waals surface area contributed by atoms with Crippen LogP contribution in [0.2, 0.25) is 0 Å². The normalized spacial score (nSPS) is 11.4. The Hall–Kier alpha value is -3.54. The summed E-state index contributed by atoms with van der Waals surface area (Å²) in [6.07, 6.45) is 7.23. The van der Waals surface area contributed by atoms with Gasteiger partial charge in [-0.05, 0) is 42.8 Å². The first-order valence-corrected chi connectivity index (χ1v) is 7.99. The largest absolute Gasteiger partial charge is 0.352 e. The summed E-state index contributed by atoms with van der Waals surface area (Å²) in [5.74, 6) is 0. The quantitative estimate of drug-likeness (QED) is 0.516. The van der Waals surface area contributed by atoms with Crippen molar-refractivity contribution in [3.63, 3.8) is 0 Å². The molecule has 6 nitrogen and oxygen atoms in total. The zero-order chi connectivity index (χ0) is 16.8. The first kappa shape index (κ1) is 13.9. The maximum absolute atomic E-state index is 4.55. The molecule has 0 aliphatic carbocycles. The van der Waals surface area contributed by atoms with Gasteiger partial charge in [-0.1, -0.05) is 0 Å². The van der Waals surface area contributed by atoms with E-state index in [1.54, 1.807) is 12.4 Å². The van der Waals surface area contributed by atoms with Crippen LogP contribution in [0, 0.1) is 6.92 Å². The van der Waals surface area contributed by atoms with Gasteiger partial charge in [0, 0.05) is 29.5 Å². The Morgan fingerprint density at radius 2 is 1.92 bits per heavy atom. The summed E-state index contributed by atoms with van der Waals surface area (Å²) >= 11 is 0. The number of nitrogens with one attached hydrogen (secondary N) is 2. The first-order valence-electron chi connectivity index (χ1n) is 7.99. The SMILES string of the molecule is Cc1ccncc1-c1cc2c(-c3cc4ncccc4[nH]3)n[nH]c2cn1. The summed E-state index contributed by atoms with van der Waals surface area (Å²) in [5.41, 5.74) is 7.65. The van der Waals surface area contributed by atoms with Crippen LogP contribution in [0.25, 0.3) is 44.6 Å². The van der Waals surface area contributed by atoms with Crippen LogP contribution in [0.5, 0.6) is 0 Å². The molecular formula is C19H14N6. The molecule has 0 aliphatic rings. The second-order valence-corrected chi connectivity index (χ2v) is 6.00. The van der Waals surface area contributed by atoms with Gasteiger partial charge < -0.3 is 4.98 Å². The number of fused-ring (bicyclic) bond motifs is 2. The lowest BCUT2D eigenvalue weighted by Crippen LogP contribution is -1.88. The van der Waals surface area contributed by atoms with E-state index in [0.717, 1.165) is 50.1 Å². The molecular weight excluding hydrogens is 312 g/mol. The average molecular weight is 326 g/mol. The number of aromatic nitrogens is 6. The van der Waals surface area contributed by atoms with Crippen LogP contribution in [-0.4, -0.2) is 30.1 Å². The number of hydrogen-bond donors (Lipinski definition) is 2. The first-order chi connectivity index (χ1) is 12.3. The van der Waals surface area contributed by atoms with Crippen LogP contribution < -0.4 is 0 Å². The number of hydrogen-bond acceptors (Lipinski definition) is 4. The van der Waals surface area contributed by atoms with Gasteiger partial charge in [0.15, 0.2) is 0 Å². The van der Waals surface area contributed by atoms with Crippen LogP contribution in [0.3, 0.4) is 0 Å². The van der Waals surface area contributed by atoms with Crippen molar-refractivity contribution in [2.75, 3.05) is 0 Å². The second kappa shape index (κ2) is 5.24. The van der Waals surface area contributed by atoms with Gasteiger partial charge in [0.25, 0.3) is 0 Å². The third kappa shape index (κ3) is 2.19. The van der Waals surface area contributed by atoms with Crippen LogP contribution in [-0.2, 0) is 0 Å². The predicted octanol–water partition coefficient (Wildman–Crippen LogP) is 3.87. The topological polar surface area (TPSA) is 83.1 Å². The van der Waals surface area contributed by atoms with Crippen molar-refractivity contribution in [1.82, 2.24) is 30.1 Å². The highest BCUT2D eigenvalue weighted by molar-refractivity contribution is 5.96. The van der Waals surface area contributed by atoms with E-state index in [1.807, 2.05) is 36.7 Å². The molecule has 0 saturated heterocycles. The molecule has 0 saturated carbocycles. The van der Waals surface area contributed by atoms with Crippen LogP contribution >= 0.6 is 0 Å². The third-order valence-electron chi connectivity index (χ3n) is 4.41. The minimum absolute atomic E-state index is 0.859. The van der Waals surface area contributed by atoms with E-state index in [9.17, 15) is 0 Å². The Morgan fingerprint density at radius 3 is 2.80 bits per heavy atom. The molecule has 5 aromatic rings. The van der Waals surface area contributed by atoms with Crippen molar-refractivity contribution in [2.45, 2.75) is 6.92 Å². The van der Waals surface area contributed by atoms with Crippen LogP contribution in [0.15, 0.2) is 55.1 Å². The molecule has 0 atom stereocenters. The highest BCUT2D eigenvalue weighted by Gasteiger charge is 2.13. The van der Waals surface area contributed by atoms with E-state index in [1.165, 1.54) is 0 Å². The molecule has 2 N–H and O–H groups in total. The molecule has 6 heteroatoms. The van der Waals surface area contributed by atoms with Crippen molar-refractivity contribution < 1.29 is 0 Å². The van der Waals surface area contributed by atoms with Crippen molar-refractivity contribution in [2.24, 2.45) is 0 Å². The highest BCUT2D eigenvalue weighted by Crippen LogP contribution is 2.30. The molecule has 5 heterocycles. The number of aryl methyl sites for hydroxylation is 1. The van der Waals surface area contributed by atoms with E-state index in [2.05, 4.69) is 43.1 Å². The van der Waals surface area contributed by atoms with E-state index in [4.69, 9.17) is 0 Å². The Bertz CT molecular complexity index is 1180. The minimum atomic E-state index is 0.859. The fourth-order valence-electron chi connectivity index (χ4n) is 3.09. The Balaban J connectivity index is 1.71. The summed E-state index contributed by atoms with van der Waals surface area (Å²) in [6, 6.07) is 9.98. The van der Waals surface area contributed by atoms with Gasteiger partial charge in [0.1, 0.15) is 5.69 Å². The Kier molecular flexibility index (Phi) is 2.90. The monoisotopic (exact) mass is 326 g/mol. The summed E-state index contributed by atoms with van der Waals surface area (Å²) in [4.78, 5) is 16.5. The lowest BCUT2D eigenvalue weighted by molar-refractivity contribution is 1.11. The summed E-state index contributed by atoms with van der Waals surface area (Å²) in [6.45, 7) is 2.06. The zero-order valence-corrected chi connectivity index (χ0v) is 13.5. The van der Waals surface area contributed by atoms with Gasteiger partial charge in [-0.25, -0.2) is 0 Å². The number of pyridine rings is 3. The van der Waals surface area contributed by atoms with Gasteiger partial charge in [-0.2, -0.15) is 5.10 Å². The molecule has 0 spiro atoms. The lowest BCUT2D eigenvalue weighted by atomic mass is 10.1. The van der Waals surface area contributed by atoms with Gasteiger partial charge in [-0.3, -0.25) is 20.1 Å². The van der Waals surface area contributed by atoms with E-state index in [-0.39, 0.29) is 0 Å². The molecule has 0 radical (unpaired) electrons. The number of nitrogens with zero attached hydrogens (tertiary/aromatic N) is 4. The summed E-state index contributed by atoms with van der Waals surface area (Å²) in [5, 5.41) is 8.55. The van der Waals surface area contributed by atoms with Crippen molar-refractivity contribution in [3.05, 3.63) is 60.7 Å². The second-order valence-electron chi connectivity index (χ2n) is 6.00. The molecule has 0 aromatic carbocycles. The Labute approximate surface area is 143 Å². The third-order valence-corrected chi connectivity index (χ3v) is 4.41. The minimum Gasteiger partial charge on any atom is -0.352 e. The van der Waals surface area contributed by atoms with E-state index < -0.39 is 0 Å². The smallest absolute Gasteiger partial charge is 0.116 e. The molecule has 25 heavy (non-hydrogen) atoms. The maximum atomic E-state index is 4.55. The van der Waals surface area contributed by atoms with Gasteiger partial charge in [-0.15, -0.1) is 0 Å². The average Bonchev–Trinajstić information content (AvgIpc) is 3.25. The molecule has 0 fully saturated rings. The Morgan fingerprint density at radius 1 is 0.960 bits per heavy atom. The highest BCUT2D eigenvalue weighted by atomic mass is 15.1. The fraction of sp³-hybridized carbons (Fsp3) is 0.0526. The zero-order valence-electron chi connectivity index (χ0n) is 13.5. The molecule has 0 unspecified atom stereocenters. The van der Waals surface area contributed by atoms with E-state index >= 15 is 0 Å². The maximum Gasteiger partial charge on any atom is 0.116 e. The van der Waals surface area contributed by atoms with E-state index in [0.29, 0.717) is 0 Å². The van der Waals surface area contributed by atoms with Crippen LogP contribution in [0.1, 0.15) is 5.56 Å². The molecule has 5 rings (SSSR count). The number of H-pyrrole nitrogens is 2. The van der Waals surface area contributed by atoms with Crippen molar-refractivity contribution in [3.8, 4) is 22.6 Å². The van der Waals surface area contributed by atoms with Crippen LogP contribution in [0.4, 0.5) is 0 Å². The standard InChI is InChI=1S/C19H14N6/c1-11-4-6-20-9-13(11)15-7-12-18(10-22-15)24-25-19(12)17-8-16-14(23-17)3-2-5-21-16/h2-10,23H,1H3,(H,24,25).